The van der Waals surface area contributed by atoms with Crippen molar-refractivity contribution < 1.29 is 4.79 Å². The van der Waals surface area contributed by atoms with Crippen LogP contribution in [0.3, 0.4) is 0 Å². The van der Waals surface area contributed by atoms with Crippen molar-refractivity contribution in [2.75, 3.05) is 5.88 Å². The molecule has 0 aromatic heterocycles. The molecule has 0 aliphatic rings. The molecule has 0 atom stereocenters. The Balaban J connectivity index is 2.77. The molecular formula is C14H19ClO. The molecule has 0 bridgehead atoms. The van der Waals surface area contributed by atoms with Crippen LogP contribution < -0.4 is 0 Å². The molecule has 0 amide bonds. The Kier molecular flexibility index (Phi) is 5.01. The van der Waals surface area contributed by atoms with Crippen molar-refractivity contribution in [2.24, 2.45) is 0 Å². The minimum atomic E-state index is 0.288. The zero-order valence-electron chi connectivity index (χ0n) is 10.3. The van der Waals surface area contributed by atoms with Gasteiger partial charge in [-0.05, 0) is 43.9 Å². The first-order valence-electron chi connectivity index (χ1n) is 5.69. The summed E-state index contributed by atoms with van der Waals surface area (Å²) in [6.45, 7) is 6.23. The number of rotatable bonds is 5. The number of carbonyl (C=O) groups excluding carboxylic acids is 1. The lowest BCUT2D eigenvalue weighted by atomic mass is 9.95. The predicted molar refractivity (Wildman–Crippen MR) is 69.3 cm³/mol. The van der Waals surface area contributed by atoms with Gasteiger partial charge in [-0.15, -0.1) is 11.6 Å². The van der Waals surface area contributed by atoms with E-state index in [1.165, 1.54) is 22.3 Å². The highest BCUT2D eigenvalue weighted by Crippen LogP contribution is 2.17. The lowest BCUT2D eigenvalue weighted by Gasteiger charge is -2.10. The fourth-order valence-corrected chi connectivity index (χ4v) is 2.17. The lowest BCUT2D eigenvalue weighted by molar-refractivity contribution is -0.118. The zero-order chi connectivity index (χ0) is 12.1. The van der Waals surface area contributed by atoms with Gasteiger partial charge in [-0.1, -0.05) is 17.7 Å². The van der Waals surface area contributed by atoms with Crippen LogP contribution in [0.5, 0.6) is 0 Å². The molecule has 0 unspecified atom stereocenters. The summed E-state index contributed by atoms with van der Waals surface area (Å²) in [7, 11) is 0. The Hall–Kier alpha value is -0.820. The van der Waals surface area contributed by atoms with Gasteiger partial charge in [0.05, 0.1) is 0 Å². The molecule has 88 valence electrons. The second kappa shape index (κ2) is 6.05. The smallest absolute Gasteiger partial charge is 0.137 e. The summed E-state index contributed by atoms with van der Waals surface area (Å²) in [5, 5.41) is 0. The van der Waals surface area contributed by atoms with Crippen LogP contribution in [-0.2, 0) is 11.2 Å². The second-order valence-electron chi connectivity index (χ2n) is 4.39. The van der Waals surface area contributed by atoms with E-state index in [-0.39, 0.29) is 5.78 Å². The molecule has 0 fully saturated rings. The van der Waals surface area contributed by atoms with Gasteiger partial charge in [0.1, 0.15) is 5.78 Å². The summed E-state index contributed by atoms with van der Waals surface area (Å²) in [6, 6.07) is 4.27. The molecule has 0 saturated heterocycles. The SMILES string of the molecule is Cc1cc(C)c(CC(=O)CCCCl)c(C)c1. The summed E-state index contributed by atoms with van der Waals surface area (Å²) < 4.78 is 0. The molecule has 0 spiro atoms. The van der Waals surface area contributed by atoms with E-state index in [4.69, 9.17) is 11.6 Å². The highest BCUT2D eigenvalue weighted by molar-refractivity contribution is 6.17. The van der Waals surface area contributed by atoms with E-state index >= 15 is 0 Å². The molecule has 0 saturated carbocycles. The van der Waals surface area contributed by atoms with Crippen molar-refractivity contribution in [1.29, 1.82) is 0 Å². The Morgan fingerprint density at radius 1 is 1.19 bits per heavy atom. The summed E-state index contributed by atoms with van der Waals surface area (Å²) in [5.41, 5.74) is 4.88. The van der Waals surface area contributed by atoms with Crippen LogP contribution >= 0.6 is 11.6 Å². The maximum atomic E-state index is 11.7. The number of hydrogen-bond acceptors (Lipinski definition) is 1. The Morgan fingerprint density at radius 2 is 1.75 bits per heavy atom. The van der Waals surface area contributed by atoms with E-state index in [0.717, 1.165) is 6.42 Å². The van der Waals surface area contributed by atoms with E-state index in [0.29, 0.717) is 18.7 Å². The Morgan fingerprint density at radius 3 is 2.25 bits per heavy atom. The van der Waals surface area contributed by atoms with E-state index in [9.17, 15) is 4.79 Å². The van der Waals surface area contributed by atoms with Gasteiger partial charge in [0.25, 0.3) is 0 Å². The van der Waals surface area contributed by atoms with Crippen molar-refractivity contribution in [1.82, 2.24) is 0 Å². The van der Waals surface area contributed by atoms with Gasteiger partial charge in [0, 0.05) is 18.7 Å². The number of halogens is 1. The van der Waals surface area contributed by atoms with Crippen molar-refractivity contribution >= 4 is 17.4 Å². The summed E-state index contributed by atoms with van der Waals surface area (Å²) in [6.07, 6.45) is 1.93. The summed E-state index contributed by atoms with van der Waals surface area (Å²) >= 11 is 5.58. The van der Waals surface area contributed by atoms with Gasteiger partial charge in [-0.25, -0.2) is 0 Å². The second-order valence-corrected chi connectivity index (χ2v) is 4.76. The molecular weight excluding hydrogens is 220 g/mol. The fourth-order valence-electron chi connectivity index (χ4n) is 2.04. The molecule has 1 rings (SSSR count). The minimum absolute atomic E-state index is 0.288. The Bertz CT molecular complexity index is 359. The molecule has 0 heterocycles. The number of hydrogen-bond donors (Lipinski definition) is 0. The van der Waals surface area contributed by atoms with E-state index in [1.807, 2.05) is 0 Å². The first kappa shape index (κ1) is 13.2. The molecule has 0 N–H and O–H groups in total. The van der Waals surface area contributed by atoms with Crippen molar-refractivity contribution in [2.45, 2.75) is 40.0 Å². The third kappa shape index (κ3) is 3.64. The van der Waals surface area contributed by atoms with Gasteiger partial charge in [-0.3, -0.25) is 4.79 Å². The van der Waals surface area contributed by atoms with Gasteiger partial charge in [0.15, 0.2) is 0 Å². The summed E-state index contributed by atoms with van der Waals surface area (Å²) in [4.78, 5) is 11.7. The molecule has 16 heavy (non-hydrogen) atoms. The number of benzene rings is 1. The van der Waals surface area contributed by atoms with Gasteiger partial charge >= 0.3 is 0 Å². The quantitative estimate of drug-likeness (QED) is 0.715. The monoisotopic (exact) mass is 238 g/mol. The lowest BCUT2D eigenvalue weighted by Crippen LogP contribution is -2.06. The molecule has 1 aromatic carbocycles. The number of alkyl halides is 1. The molecule has 1 nitrogen and oxygen atoms in total. The zero-order valence-corrected chi connectivity index (χ0v) is 11.0. The minimum Gasteiger partial charge on any atom is -0.299 e. The van der Waals surface area contributed by atoms with Crippen LogP contribution in [0.15, 0.2) is 12.1 Å². The number of aryl methyl sites for hydroxylation is 3. The molecule has 0 aliphatic carbocycles. The van der Waals surface area contributed by atoms with Crippen LogP contribution in [0.4, 0.5) is 0 Å². The topological polar surface area (TPSA) is 17.1 Å². The van der Waals surface area contributed by atoms with E-state index in [2.05, 4.69) is 32.9 Å². The average molecular weight is 239 g/mol. The molecule has 2 heteroatoms. The van der Waals surface area contributed by atoms with Crippen molar-refractivity contribution in [3.05, 3.63) is 34.4 Å². The maximum Gasteiger partial charge on any atom is 0.137 e. The number of carbonyl (C=O) groups is 1. The van der Waals surface area contributed by atoms with Crippen LogP contribution in [0.1, 0.15) is 35.1 Å². The van der Waals surface area contributed by atoms with E-state index in [1.54, 1.807) is 0 Å². The van der Waals surface area contributed by atoms with E-state index < -0.39 is 0 Å². The van der Waals surface area contributed by atoms with Crippen LogP contribution in [0, 0.1) is 20.8 Å². The normalized spacial score (nSPS) is 10.5. The standard InChI is InChI=1S/C14H19ClO/c1-10-7-11(2)14(12(3)8-10)9-13(16)5-4-6-15/h7-8H,4-6,9H2,1-3H3. The highest BCUT2D eigenvalue weighted by Gasteiger charge is 2.09. The first-order chi connectivity index (χ1) is 7.54. The number of Topliss-reactive ketones (excluding diaryl/α,β-unsaturated/α-hetero) is 1. The third-order valence-corrected chi connectivity index (χ3v) is 3.07. The summed E-state index contributed by atoms with van der Waals surface area (Å²) in [5.74, 6) is 0.855. The van der Waals surface area contributed by atoms with Crippen LogP contribution in [0.2, 0.25) is 0 Å². The molecule has 0 aliphatic heterocycles. The Labute approximate surface area is 103 Å². The van der Waals surface area contributed by atoms with Crippen LogP contribution in [-0.4, -0.2) is 11.7 Å². The first-order valence-corrected chi connectivity index (χ1v) is 6.22. The van der Waals surface area contributed by atoms with Gasteiger partial charge in [0.2, 0.25) is 0 Å². The van der Waals surface area contributed by atoms with Crippen molar-refractivity contribution in [3.63, 3.8) is 0 Å². The maximum absolute atomic E-state index is 11.7. The number of ketones is 1. The van der Waals surface area contributed by atoms with Gasteiger partial charge < -0.3 is 0 Å². The fraction of sp³-hybridized carbons (Fsp3) is 0.500. The predicted octanol–water partition coefficient (Wildman–Crippen LogP) is 3.74. The van der Waals surface area contributed by atoms with Crippen LogP contribution in [0.25, 0.3) is 0 Å². The molecule has 1 aromatic rings. The van der Waals surface area contributed by atoms with Gasteiger partial charge in [-0.2, -0.15) is 0 Å². The van der Waals surface area contributed by atoms with Crippen molar-refractivity contribution in [3.8, 4) is 0 Å². The largest absolute Gasteiger partial charge is 0.299 e. The third-order valence-electron chi connectivity index (χ3n) is 2.80. The molecule has 0 radical (unpaired) electrons. The highest BCUT2D eigenvalue weighted by atomic mass is 35.5. The average Bonchev–Trinajstić information content (AvgIpc) is 2.20.